The van der Waals surface area contributed by atoms with Gasteiger partial charge in [0.15, 0.2) is 0 Å². The predicted molar refractivity (Wildman–Crippen MR) is 63.0 cm³/mol. The summed E-state index contributed by atoms with van der Waals surface area (Å²) in [7, 11) is 0. The molecule has 3 heteroatoms. The van der Waals surface area contributed by atoms with Gasteiger partial charge in [-0.25, -0.2) is 4.98 Å². The van der Waals surface area contributed by atoms with Crippen LogP contribution in [0.2, 0.25) is 0 Å². The Morgan fingerprint density at radius 2 is 2.20 bits per heavy atom. The molecule has 0 aromatic carbocycles. The number of pyridine rings is 1. The topological polar surface area (TPSA) is 43.3 Å². The van der Waals surface area contributed by atoms with Gasteiger partial charge in [0.05, 0.1) is 5.69 Å². The molecule has 0 radical (unpaired) electrons. The molecule has 2 N–H and O–H groups in total. The molecule has 0 saturated carbocycles. The van der Waals surface area contributed by atoms with Gasteiger partial charge < -0.3 is 5.73 Å². The Hall–Kier alpha value is -1.51. The van der Waals surface area contributed by atoms with Gasteiger partial charge in [0.2, 0.25) is 0 Å². The molecule has 0 amide bonds. The molecule has 2 heterocycles. The fourth-order valence-corrected chi connectivity index (χ4v) is 1.86. The van der Waals surface area contributed by atoms with Crippen LogP contribution in [-0.4, -0.2) is 9.38 Å². The summed E-state index contributed by atoms with van der Waals surface area (Å²) in [6, 6.07) is 6.05. The molecule has 0 aliphatic rings. The van der Waals surface area contributed by atoms with E-state index in [1.165, 1.54) is 0 Å². The number of nitrogens with zero attached hydrogens (tertiary/aromatic N) is 2. The molecule has 2 aromatic heterocycles. The highest BCUT2D eigenvalue weighted by atomic mass is 15.1. The minimum Gasteiger partial charge on any atom is -0.383 e. The van der Waals surface area contributed by atoms with E-state index in [0.29, 0.717) is 5.92 Å². The number of rotatable bonds is 2. The molecular formula is C12H17N3. The summed E-state index contributed by atoms with van der Waals surface area (Å²) >= 11 is 0. The second-order valence-corrected chi connectivity index (χ2v) is 4.05. The van der Waals surface area contributed by atoms with E-state index in [4.69, 9.17) is 5.73 Å². The van der Waals surface area contributed by atoms with Crippen molar-refractivity contribution in [2.75, 3.05) is 5.73 Å². The average molecular weight is 203 g/mol. The number of hydrogen-bond donors (Lipinski definition) is 1. The fourth-order valence-electron chi connectivity index (χ4n) is 1.86. The average Bonchev–Trinajstić information content (AvgIpc) is 2.56. The third-order valence-corrected chi connectivity index (χ3v) is 2.98. The van der Waals surface area contributed by atoms with E-state index in [1.807, 2.05) is 29.5 Å². The van der Waals surface area contributed by atoms with Gasteiger partial charge in [0.1, 0.15) is 11.5 Å². The van der Waals surface area contributed by atoms with E-state index < -0.39 is 0 Å². The molecule has 2 rings (SSSR count). The molecule has 0 saturated heterocycles. The molecule has 0 bridgehead atoms. The number of hydrogen-bond acceptors (Lipinski definition) is 2. The summed E-state index contributed by atoms with van der Waals surface area (Å²) in [4.78, 5) is 4.58. The van der Waals surface area contributed by atoms with Gasteiger partial charge in [0, 0.05) is 11.6 Å². The molecule has 0 spiro atoms. The first-order chi connectivity index (χ1) is 7.15. The van der Waals surface area contributed by atoms with Gasteiger partial charge in [0.25, 0.3) is 0 Å². The van der Waals surface area contributed by atoms with E-state index in [2.05, 4.69) is 18.8 Å². The van der Waals surface area contributed by atoms with Crippen LogP contribution >= 0.6 is 0 Å². The lowest BCUT2D eigenvalue weighted by Crippen LogP contribution is -2.01. The lowest BCUT2D eigenvalue weighted by molar-refractivity contribution is 0.716. The normalized spacial score (nSPS) is 13.3. The van der Waals surface area contributed by atoms with Gasteiger partial charge in [-0.2, -0.15) is 0 Å². The van der Waals surface area contributed by atoms with E-state index in [0.717, 1.165) is 29.3 Å². The number of imidazole rings is 1. The van der Waals surface area contributed by atoms with Crippen molar-refractivity contribution < 1.29 is 0 Å². The second-order valence-electron chi connectivity index (χ2n) is 4.05. The molecule has 15 heavy (non-hydrogen) atoms. The van der Waals surface area contributed by atoms with Crippen LogP contribution in [0.4, 0.5) is 5.82 Å². The lowest BCUT2D eigenvalue weighted by atomic mass is 10.1. The van der Waals surface area contributed by atoms with Crippen LogP contribution in [0.25, 0.3) is 5.65 Å². The van der Waals surface area contributed by atoms with Crippen LogP contribution in [0.5, 0.6) is 0 Å². The van der Waals surface area contributed by atoms with Gasteiger partial charge in [-0.3, -0.25) is 4.40 Å². The number of aryl methyl sites for hydroxylation is 1. The summed E-state index contributed by atoms with van der Waals surface area (Å²) in [6.07, 6.45) is 1.06. The standard InChI is InChI=1S/C12H17N3/c1-4-8(2)11-12(13)15-9(3)6-5-7-10(15)14-11/h5-8H,4,13H2,1-3H3. The number of fused-ring (bicyclic) bond motifs is 1. The van der Waals surface area contributed by atoms with E-state index in [-0.39, 0.29) is 0 Å². The highest BCUT2D eigenvalue weighted by molar-refractivity contribution is 5.54. The SMILES string of the molecule is CCC(C)c1nc2cccc(C)n2c1N. The minimum absolute atomic E-state index is 0.421. The third kappa shape index (κ3) is 1.48. The zero-order valence-electron chi connectivity index (χ0n) is 9.49. The predicted octanol–water partition coefficient (Wildman–Crippen LogP) is 2.74. The largest absolute Gasteiger partial charge is 0.383 e. The molecule has 0 aliphatic heterocycles. The Balaban J connectivity index is 2.70. The number of anilines is 1. The van der Waals surface area contributed by atoms with Crippen LogP contribution in [0.3, 0.4) is 0 Å². The van der Waals surface area contributed by atoms with Gasteiger partial charge in [-0.1, -0.05) is 19.9 Å². The maximum atomic E-state index is 6.12. The van der Waals surface area contributed by atoms with Crippen LogP contribution in [0.1, 0.15) is 37.6 Å². The molecule has 0 fully saturated rings. The summed E-state index contributed by atoms with van der Waals surface area (Å²) < 4.78 is 2.02. The zero-order valence-corrected chi connectivity index (χ0v) is 9.49. The maximum absolute atomic E-state index is 6.12. The molecule has 3 nitrogen and oxygen atoms in total. The maximum Gasteiger partial charge on any atom is 0.138 e. The van der Waals surface area contributed by atoms with Crippen molar-refractivity contribution in [2.45, 2.75) is 33.1 Å². The smallest absolute Gasteiger partial charge is 0.138 e. The van der Waals surface area contributed by atoms with Crippen molar-refractivity contribution >= 4 is 11.5 Å². The molecule has 80 valence electrons. The fraction of sp³-hybridized carbons (Fsp3) is 0.417. The van der Waals surface area contributed by atoms with Crippen molar-refractivity contribution in [1.82, 2.24) is 9.38 Å². The van der Waals surface area contributed by atoms with Crippen molar-refractivity contribution in [2.24, 2.45) is 0 Å². The Kier molecular flexibility index (Phi) is 2.39. The number of aromatic nitrogens is 2. The second kappa shape index (κ2) is 3.57. The molecular weight excluding hydrogens is 186 g/mol. The summed E-state index contributed by atoms with van der Waals surface area (Å²) in [5, 5.41) is 0. The first-order valence-electron chi connectivity index (χ1n) is 5.38. The highest BCUT2D eigenvalue weighted by Crippen LogP contribution is 2.25. The Labute approximate surface area is 89.9 Å². The first-order valence-corrected chi connectivity index (χ1v) is 5.38. The van der Waals surface area contributed by atoms with E-state index in [1.54, 1.807) is 0 Å². The van der Waals surface area contributed by atoms with Crippen LogP contribution in [0.15, 0.2) is 18.2 Å². The molecule has 1 atom stereocenters. The van der Waals surface area contributed by atoms with Crippen LogP contribution in [-0.2, 0) is 0 Å². The summed E-state index contributed by atoms with van der Waals surface area (Å²) in [5.74, 6) is 1.21. The van der Waals surface area contributed by atoms with Crippen molar-refractivity contribution in [1.29, 1.82) is 0 Å². The van der Waals surface area contributed by atoms with Crippen molar-refractivity contribution in [3.8, 4) is 0 Å². The Morgan fingerprint density at radius 3 is 2.80 bits per heavy atom. The van der Waals surface area contributed by atoms with E-state index >= 15 is 0 Å². The van der Waals surface area contributed by atoms with Gasteiger partial charge >= 0.3 is 0 Å². The first kappa shape index (κ1) is 10.0. The highest BCUT2D eigenvalue weighted by Gasteiger charge is 2.14. The minimum atomic E-state index is 0.421. The monoisotopic (exact) mass is 203 g/mol. The number of nitrogens with two attached hydrogens (primary N) is 1. The summed E-state index contributed by atoms with van der Waals surface area (Å²) in [5.41, 5.74) is 9.22. The van der Waals surface area contributed by atoms with Gasteiger partial charge in [-0.15, -0.1) is 0 Å². The Bertz CT molecular complexity index is 485. The van der Waals surface area contributed by atoms with E-state index in [9.17, 15) is 0 Å². The van der Waals surface area contributed by atoms with Crippen molar-refractivity contribution in [3.05, 3.63) is 29.6 Å². The third-order valence-electron chi connectivity index (χ3n) is 2.98. The molecule has 2 aromatic rings. The Morgan fingerprint density at radius 1 is 1.47 bits per heavy atom. The number of nitrogen functional groups attached to an aromatic ring is 1. The zero-order chi connectivity index (χ0) is 11.0. The van der Waals surface area contributed by atoms with Crippen LogP contribution in [0, 0.1) is 6.92 Å². The van der Waals surface area contributed by atoms with Crippen molar-refractivity contribution in [3.63, 3.8) is 0 Å². The summed E-state index contributed by atoms with van der Waals surface area (Å²) in [6.45, 7) is 6.36. The van der Waals surface area contributed by atoms with Crippen LogP contribution < -0.4 is 5.73 Å². The van der Waals surface area contributed by atoms with Gasteiger partial charge in [-0.05, 0) is 25.5 Å². The molecule has 1 unspecified atom stereocenters. The lowest BCUT2D eigenvalue weighted by Gasteiger charge is -2.06. The molecule has 0 aliphatic carbocycles. The quantitative estimate of drug-likeness (QED) is 0.815.